The van der Waals surface area contributed by atoms with Gasteiger partial charge < -0.3 is 10.4 Å². The van der Waals surface area contributed by atoms with E-state index in [-0.39, 0.29) is 5.69 Å². The molecule has 2 unspecified atom stereocenters. The topological polar surface area (TPSA) is 62.2 Å². The number of anilines is 1. The van der Waals surface area contributed by atoms with E-state index in [0.717, 1.165) is 6.42 Å². The van der Waals surface area contributed by atoms with Crippen LogP contribution in [0.4, 0.5) is 5.82 Å². The molecule has 0 saturated heterocycles. The van der Waals surface area contributed by atoms with Gasteiger partial charge in [0.15, 0.2) is 5.69 Å². The van der Waals surface area contributed by atoms with Gasteiger partial charge in [0.2, 0.25) is 0 Å². The molecule has 1 aliphatic rings. The molecule has 4 heteroatoms. The lowest BCUT2D eigenvalue weighted by molar-refractivity contribution is 0.0690. The first-order valence-corrected chi connectivity index (χ1v) is 6.63. The van der Waals surface area contributed by atoms with Crippen LogP contribution in [0.3, 0.4) is 0 Å². The van der Waals surface area contributed by atoms with Gasteiger partial charge >= 0.3 is 5.97 Å². The van der Waals surface area contributed by atoms with Crippen LogP contribution in [-0.2, 0) is 0 Å². The van der Waals surface area contributed by atoms with E-state index in [2.05, 4.69) is 17.2 Å². The van der Waals surface area contributed by atoms with Crippen LogP contribution in [0.25, 0.3) is 0 Å². The van der Waals surface area contributed by atoms with Gasteiger partial charge in [0.25, 0.3) is 0 Å². The Morgan fingerprint density at radius 1 is 1.33 bits per heavy atom. The molecule has 1 aromatic heterocycles. The molecule has 18 heavy (non-hydrogen) atoms. The van der Waals surface area contributed by atoms with Crippen LogP contribution in [0.2, 0.25) is 0 Å². The lowest BCUT2D eigenvalue weighted by Gasteiger charge is -2.23. The molecule has 4 nitrogen and oxygen atoms in total. The number of aromatic carboxylic acids is 1. The van der Waals surface area contributed by atoms with Gasteiger partial charge in [0.05, 0.1) is 0 Å². The smallest absolute Gasteiger partial charge is 0.354 e. The number of aromatic nitrogens is 1. The van der Waals surface area contributed by atoms with Gasteiger partial charge in [-0.15, -0.1) is 0 Å². The summed E-state index contributed by atoms with van der Waals surface area (Å²) in [6, 6.07) is 5.50. The summed E-state index contributed by atoms with van der Waals surface area (Å²) in [5.74, 6) is 0.309. The first-order chi connectivity index (χ1) is 8.66. The van der Waals surface area contributed by atoms with Gasteiger partial charge in [-0.05, 0) is 30.9 Å². The molecular formula is C14H20N2O2. The standard InChI is InChI=1S/C14H20N2O2/c1-10-6-3-2-4-7-11(10)15-13-9-5-8-12(16-13)14(17)18/h5,8-11H,2-4,6-7H2,1H3,(H,15,16)(H,17,18). The number of carbonyl (C=O) groups is 1. The predicted octanol–water partition coefficient (Wildman–Crippen LogP) is 3.16. The zero-order chi connectivity index (χ0) is 13.0. The molecule has 1 fully saturated rings. The summed E-state index contributed by atoms with van der Waals surface area (Å²) in [6.07, 6.45) is 6.20. The van der Waals surface area contributed by atoms with Crippen molar-refractivity contribution in [2.75, 3.05) is 5.32 Å². The van der Waals surface area contributed by atoms with Crippen molar-refractivity contribution in [3.05, 3.63) is 23.9 Å². The van der Waals surface area contributed by atoms with Crippen molar-refractivity contribution in [1.29, 1.82) is 0 Å². The highest BCUT2D eigenvalue weighted by Gasteiger charge is 2.20. The van der Waals surface area contributed by atoms with Crippen LogP contribution >= 0.6 is 0 Å². The Kier molecular flexibility index (Phi) is 4.18. The molecule has 1 aliphatic carbocycles. The van der Waals surface area contributed by atoms with Crippen LogP contribution in [-0.4, -0.2) is 22.1 Å². The fourth-order valence-electron chi connectivity index (χ4n) is 2.53. The minimum Gasteiger partial charge on any atom is -0.477 e. The van der Waals surface area contributed by atoms with Crippen LogP contribution in [0.1, 0.15) is 49.5 Å². The average molecular weight is 248 g/mol. The van der Waals surface area contributed by atoms with Crippen molar-refractivity contribution in [2.24, 2.45) is 5.92 Å². The molecular weight excluding hydrogens is 228 g/mol. The summed E-state index contributed by atoms with van der Waals surface area (Å²) in [5, 5.41) is 12.3. The molecule has 2 N–H and O–H groups in total. The number of carboxylic acids is 1. The molecule has 0 aliphatic heterocycles. The Bertz CT molecular complexity index is 420. The van der Waals surface area contributed by atoms with Gasteiger partial charge in [-0.3, -0.25) is 0 Å². The van der Waals surface area contributed by atoms with E-state index in [1.807, 2.05) is 6.07 Å². The molecule has 2 rings (SSSR count). The third-order valence-corrected chi connectivity index (χ3v) is 3.66. The average Bonchev–Trinajstić information content (AvgIpc) is 2.55. The fourth-order valence-corrected chi connectivity index (χ4v) is 2.53. The second kappa shape index (κ2) is 5.85. The second-order valence-electron chi connectivity index (χ2n) is 5.08. The summed E-state index contributed by atoms with van der Waals surface area (Å²) in [7, 11) is 0. The van der Waals surface area contributed by atoms with Crippen molar-refractivity contribution in [2.45, 2.75) is 45.1 Å². The number of hydrogen-bond donors (Lipinski definition) is 2. The van der Waals surface area contributed by atoms with E-state index in [0.29, 0.717) is 17.8 Å². The lowest BCUT2D eigenvalue weighted by Crippen LogP contribution is -2.26. The molecule has 2 atom stereocenters. The maximum atomic E-state index is 10.9. The number of hydrogen-bond acceptors (Lipinski definition) is 3. The third kappa shape index (κ3) is 3.22. The van der Waals surface area contributed by atoms with E-state index in [4.69, 9.17) is 5.11 Å². The maximum Gasteiger partial charge on any atom is 0.354 e. The number of carboxylic acid groups (broad SMARTS) is 1. The van der Waals surface area contributed by atoms with Crippen LogP contribution < -0.4 is 5.32 Å². The fraction of sp³-hybridized carbons (Fsp3) is 0.571. The quantitative estimate of drug-likeness (QED) is 0.806. The van der Waals surface area contributed by atoms with Gasteiger partial charge in [-0.1, -0.05) is 32.3 Å². The van der Waals surface area contributed by atoms with Crippen molar-refractivity contribution in [1.82, 2.24) is 4.98 Å². The molecule has 1 heterocycles. The summed E-state index contributed by atoms with van der Waals surface area (Å²) >= 11 is 0. The van der Waals surface area contributed by atoms with Crippen LogP contribution in [0, 0.1) is 5.92 Å². The van der Waals surface area contributed by atoms with Crippen molar-refractivity contribution in [3.8, 4) is 0 Å². The van der Waals surface area contributed by atoms with Gasteiger partial charge in [0.1, 0.15) is 5.82 Å². The highest BCUT2D eigenvalue weighted by molar-refractivity contribution is 5.85. The number of nitrogens with one attached hydrogen (secondary N) is 1. The molecule has 1 aromatic rings. The normalized spacial score (nSPS) is 24.3. The SMILES string of the molecule is CC1CCCCCC1Nc1cccc(C(=O)O)n1. The number of rotatable bonds is 3. The highest BCUT2D eigenvalue weighted by atomic mass is 16.4. The summed E-state index contributed by atoms with van der Waals surface area (Å²) < 4.78 is 0. The van der Waals surface area contributed by atoms with E-state index in [1.165, 1.54) is 31.7 Å². The lowest BCUT2D eigenvalue weighted by atomic mass is 9.97. The Morgan fingerprint density at radius 2 is 2.11 bits per heavy atom. The Morgan fingerprint density at radius 3 is 2.89 bits per heavy atom. The molecule has 0 bridgehead atoms. The molecule has 0 aromatic carbocycles. The van der Waals surface area contributed by atoms with E-state index in [1.54, 1.807) is 6.07 Å². The zero-order valence-electron chi connectivity index (χ0n) is 10.7. The van der Waals surface area contributed by atoms with E-state index < -0.39 is 5.97 Å². The van der Waals surface area contributed by atoms with E-state index >= 15 is 0 Å². The molecule has 0 spiro atoms. The molecule has 1 saturated carbocycles. The Hall–Kier alpha value is -1.58. The second-order valence-corrected chi connectivity index (χ2v) is 5.08. The predicted molar refractivity (Wildman–Crippen MR) is 70.9 cm³/mol. The van der Waals surface area contributed by atoms with Crippen molar-refractivity contribution < 1.29 is 9.90 Å². The molecule has 0 amide bonds. The van der Waals surface area contributed by atoms with E-state index in [9.17, 15) is 4.79 Å². The van der Waals surface area contributed by atoms with Gasteiger partial charge in [-0.25, -0.2) is 9.78 Å². The van der Waals surface area contributed by atoms with Crippen molar-refractivity contribution >= 4 is 11.8 Å². The first-order valence-electron chi connectivity index (χ1n) is 6.63. The highest BCUT2D eigenvalue weighted by Crippen LogP contribution is 2.25. The minimum absolute atomic E-state index is 0.0984. The van der Waals surface area contributed by atoms with Crippen LogP contribution in [0.15, 0.2) is 18.2 Å². The number of pyridine rings is 1. The summed E-state index contributed by atoms with van der Waals surface area (Å²) in [6.45, 7) is 2.25. The number of nitrogens with zero attached hydrogens (tertiary/aromatic N) is 1. The molecule has 0 radical (unpaired) electrons. The summed E-state index contributed by atoms with van der Waals surface area (Å²) in [4.78, 5) is 15.0. The van der Waals surface area contributed by atoms with Crippen LogP contribution in [0.5, 0.6) is 0 Å². The minimum atomic E-state index is -0.979. The largest absolute Gasteiger partial charge is 0.477 e. The summed E-state index contributed by atoms with van der Waals surface area (Å²) in [5.41, 5.74) is 0.0984. The van der Waals surface area contributed by atoms with Crippen molar-refractivity contribution in [3.63, 3.8) is 0 Å². The van der Waals surface area contributed by atoms with Gasteiger partial charge in [-0.2, -0.15) is 0 Å². The third-order valence-electron chi connectivity index (χ3n) is 3.66. The zero-order valence-corrected chi connectivity index (χ0v) is 10.7. The maximum absolute atomic E-state index is 10.9. The first kappa shape index (κ1) is 12.9. The Labute approximate surface area is 107 Å². The molecule has 98 valence electrons. The van der Waals surface area contributed by atoms with Gasteiger partial charge in [0, 0.05) is 6.04 Å². The Balaban J connectivity index is 2.07. The monoisotopic (exact) mass is 248 g/mol.